The number of H-pyrrole nitrogens is 1. The van der Waals surface area contributed by atoms with E-state index in [0.29, 0.717) is 0 Å². The molecule has 1 atom stereocenters. The molecule has 132 valence electrons. The molecule has 5 rings (SSSR count). The average molecular weight is 371 g/mol. The number of imidazole rings is 1. The second-order valence-electron chi connectivity index (χ2n) is 6.37. The topological polar surface area (TPSA) is 58.9 Å². The predicted octanol–water partition coefficient (Wildman–Crippen LogP) is 4.80. The Labute approximate surface area is 160 Å². The van der Waals surface area contributed by atoms with E-state index in [-0.39, 0.29) is 5.25 Å². The van der Waals surface area contributed by atoms with Crippen LogP contribution in [0.2, 0.25) is 0 Å². The maximum Gasteiger partial charge on any atom is 0.166 e. The van der Waals surface area contributed by atoms with Gasteiger partial charge < -0.3 is 4.98 Å². The number of aryl methyl sites for hydroxylation is 1. The number of hydrogen-bond acceptors (Lipinski definition) is 4. The van der Waals surface area contributed by atoms with Gasteiger partial charge in [-0.1, -0.05) is 60.3 Å². The minimum atomic E-state index is -0.0382. The van der Waals surface area contributed by atoms with Crippen LogP contribution in [0.4, 0.5) is 0 Å². The second kappa shape index (κ2) is 6.55. The van der Waals surface area contributed by atoms with E-state index in [1.54, 1.807) is 18.0 Å². The SMILES string of the molecule is Cc1cc2c3ccccc3nc(C(Sc3ncc[nH]3)c3ccccc3)n2n1. The normalized spacial score (nSPS) is 12.6. The summed E-state index contributed by atoms with van der Waals surface area (Å²) in [7, 11) is 0. The van der Waals surface area contributed by atoms with E-state index in [2.05, 4.69) is 52.4 Å². The summed E-state index contributed by atoms with van der Waals surface area (Å²) in [5.74, 6) is 0.893. The van der Waals surface area contributed by atoms with Crippen molar-refractivity contribution in [1.29, 1.82) is 0 Å². The number of fused-ring (bicyclic) bond motifs is 3. The fraction of sp³-hybridized carbons (Fsp3) is 0.0952. The van der Waals surface area contributed by atoms with Crippen molar-refractivity contribution in [2.45, 2.75) is 17.3 Å². The number of aromatic nitrogens is 5. The Morgan fingerprint density at radius 2 is 1.85 bits per heavy atom. The number of thioether (sulfide) groups is 1. The lowest BCUT2D eigenvalue weighted by molar-refractivity contribution is 0.816. The molecule has 0 saturated carbocycles. The van der Waals surface area contributed by atoms with Gasteiger partial charge in [-0.15, -0.1) is 0 Å². The molecule has 0 aliphatic carbocycles. The first-order valence-corrected chi connectivity index (χ1v) is 9.63. The molecule has 0 aliphatic heterocycles. The maximum absolute atomic E-state index is 5.01. The molecule has 3 aromatic heterocycles. The third-order valence-electron chi connectivity index (χ3n) is 4.50. The predicted molar refractivity (Wildman–Crippen MR) is 108 cm³/mol. The first-order valence-electron chi connectivity index (χ1n) is 8.75. The highest BCUT2D eigenvalue weighted by atomic mass is 32.2. The van der Waals surface area contributed by atoms with Gasteiger partial charge in [0.25, 0.3) is 0 Å². The van der Waals surface area contributed by atoms with Crippen molar-refractivity contribution in [3.63, 3.8) is 0 Å². The molecule has 5 aromatic rings. The molecule has 2 aromatic carbocycles. The number of nitrogens with zero attached hydrogens (tertiary/aromatic N) is 4. The molecule has 0 aliphatic rings. The summed E-state index contributed by atoms with van der Waals surface area (Å²) in [5, 5.41) is 6.68. The number of para-hydroxylation sites is 1. The monoisotopic (exact) mass is 371 g/mol. The Kier molecular flexibility index (Phi) is 3.90. The van der Waals surface area contributed by atoms with Gasteiger partial charge in [-0.3, -0.25) is 0 Å². The van der Waals surface area contributed by atoms with Gasteiger partial charge in [-0.25, -0.2) is 14.5 Å². The van der Waals surface area contributed by atoms with Gasteiger partial charge in [0.1, 0.15) is 5.82 Å². The highest BCUT2D eigenvalue weighted by Gasteiger charge is 2.23. The highest BCUT2D eigenvalue weighted by Crippen LogP contribution is 2.39. The average Bonchev–Trinajstić information content (AvgIpc) is 3.35. The molecule has 1 unspecified atom stereocenters. The van der Waals surface area contributed by atoms with Crippen LogP contribution in [0.25, 0.3) is 16.4 Å². The van der Waals surface area contributed by atoms with Crippen molar-refractivity contribution in [2.75, 3.05) is 0 Å². The smallest absolute Gasteiger partial charge is 0.166 e. The Hall–Kier alpha value is -3.12. The quantitative estimate of drug-likeness (QED) is 0.461. The van der Waals surface area contributed by atoms with Gasteiger partial charge in [0.15, 0.2) is 5.16 Å². The molecule has 1 N–H and O–H groups in total. The highest BCUT2D eigenvalue weighted by molar-refractivity contribution is 7.99. The van der Waals surface area contributed by atoms with Gasteiger partial charge in [0.2, 0.25) is 0 Å². The van der Waals surface area contributed by atoms with Crippen LogP contribution in [0, 0.1) is 6.92 Å². The van der Waals surface area contributed by atoms with Crippen LogP contribution >= 0.6 is 11.8 Å². The van der Waals surface area contributed by atoms with Gasteiger partial charge in [-0.05, 0) is 24.6 Å². The zero-order valence-electron chi connectivity index (χ0n) is 14.7. The lowest BCUT2D eigenvalue weighted by Gasteiger charge is -2.17. The summed E-state index contributed by atoms with van der Waals surface area (Å²) in [6.45, 7) is 2.02. The molecular weight excluding hydrogens is 354 g/mol. The van der Waals surface area contributed by atoms with Gasteiger partial charge in [0, 0.05) is 17.8 Å². The molecule has 0 saturated heterocycles. The van der Waals surface area contributed by atoms with E-state index in [1.807, 2.05) is 35.8 Å². The molecule has 6 heteroatoms. The summed E-state index contributed by atoms with van der Waals surface area (Å²) < 4.78 is 1.98. The van der Waals surface area contributed by atoms with E-state index in [1.165, 1.54) is 0 Å². The van der Waals surface area contributed by atoms with E-state index >= 15 is 0 Å². The molecular formula is C21H17N5S. The van der Waals surface area contributed by atoms with Crippen LogP contribution in [0.5, 0.6) is 0 Å². The molecule has 3 heterocycles. The lowest BCUT2D eigenvalue weighted by atomic mass is 10.1. The third-order valence-corrected chi connectivity index (χ3v) is 5.67. The Balaban J connectivity index is 1.78. The number of benzene rings is 2. The summed E-state index contributed by atoms with van der Waals surface area (Å²) in [6, 6.07) is 20.7. The number of hydrogen-bond donors (Lipinski definition) is 1. The van der Waals surface area contributed by atoms with E-state index < -0.39 is 0 Å². The zero-order valence-corrected chi connectivity index (χ0v) is 15.5. The zero-order chi connectivity index (χ0) is 18.2. The van der Waals surface area contributed by atoms with Crippen LogP contribution in [0.3, 0.4) is 0 Å². The van der Waals surface area contributed by atoms with Crippen LogP contribution < -0.4 is 0 Å². The van der Waals surface area contributed by atoms with Gasteiger partial charge >= 0.3 is 0 Å². The largest absolute Gasteiger partial charge is 0.340 e. The minimum absolute atomic E-state index is 0.0382. The summed E-state index contributed by atoms with van der Waals surface area (Å²) in [5.41, 5.74) is 4.19. The van der Waals surface area contributed by atoms with E-state index in [9.17, 15) is 0 Å². The van der Waals surface area contributed by atoms with E-state index in [0.717, 1.165) is 38.7 Å². The first kappa shape index (κ1) is 16.1. The minimum Gasteiger partial charge on any atom is -0.340 e. The molecule has 0 bridgehead atoms. The van der Waals surface area contributed by atoms with Crippen molar-refractivity contribution in [3.8, 4) is 0 Å². The van der Waals surface area contributed by atoms with Crippen molar-refractivity contribution >= 4 is 28.2 Å². The maximum atomic E-state index is 5.01. The summed E-state index contributed by atoms with van der Waals surface area (Å²) in [4.78, 5) is 12.6. The molecule has 0 radical (unpaired) electrons. The van der Waals surface area contributed by atoms with Crippen molar-refractivity contribution in [1.82, 2.24) is 24.6 Å². The summed E-state index contributed by atoms with van der Waals surface area (Å²) in [6.07, 6.45) is 3.61. The van der Waals surface area contributed by atoms with Crippen LogP contribution in [-0.4, -0.2) is 24.6 Å². The fourth-order valence-electron chi connectivity index (χ4n) is 3.32. The second-order valence-corrected chi connectivity index (χ2v) is 7.47. The van der Waals surface area contributed by atoms with Gasteiger partial charge in [-0.2, -0.15) is 5.10 Å². The van der Waals surface area contributed by atoms with Crippen molar-refractivity contribution in [3.05, 3.63) is 90.1 Å². The Bertz CT molecular complexity index is 1210. The molecule has 27 heavy (non-hydrogen) atoms. The molecule has 5 nitrogen and oxygen atoms in total. The number of nitrogens with one attached hydrogen (secondary N) is 1. The molecule has 0 fully saturated rings. The Morgan fingerprint density at radius 3 is 2.67 bits per heavy atom. The third kappa shape index (κ3) is 2.88. The first-order chi connectivity index (χ1) is 13.3. The number of rotatable bonds is 4. The van der Waals surface area contributed by atoms with E-state index in [4.69, 9.17) is 10.1 Å². The van der Waals surface area contributed by atoms with Crippen LogP contribution in [0.1, 0.15) is 22.3 Å². The Morgan fingerprint density at radius 1 is 1.04 bits per heavy atom. The molecule has 0 spiro atoms. The van der Waals surface area contributed by atoms with Crippen molar-refractivity contribution in [2.24, 2.45) is 0 Å². The standard InChI is InChI=1S/C21H17N5S/c1-14-13-18-16-9-5-6-10-17(16)24-20(26(18)25-14)19(15-7-3-2-4-8-15)27-21-22-11-12-23-21/h2-13,19H,1H3,(H,22,23). The van der Waals surface area contributed by atoms with Gasteiger partial charge in [0.05, 0.1) is 22.0 Å². The van der Waals surface area contributed by atoms with Crippen LogP contribution in [0.15, 0.2) is 78.2 Å². The number of aromatic amines is 1. The van der Waals surface area contributed by atoms with Crippen molar-refractivity contribution < 1.29 is 0 Å². The lowest BCUT2D eigenvalue weighted by Crippen LogP contribution is -2.09. The van der Waals surface area contributed by atoms with Crippen LogP contribution in [-0.2, 0) is 0 Å². The molecule has 0 amide bonds. The fourth-order valence-corrected chi connectivity index (χ4v) is 4.35. The summed E-state index contributed by atoms with van der Waals surface area (Å²) >= 11 is 1.64.